The molecule has 2 aliphatic heterocycles. The lowest BCUT2D eigenvalue weighted by molar-refractivity contribution is -0.146. The SMILES string of the molecule is CC(NP1(=O)OC[C@]23C(O1)[C@H]2O[C@@H](n1ccc(=O)[nH]c1=O)[C@@H]3O)C(=O)OCc1ccccc1. The third kappa shape index (κ3) is 3.78. The Hall–Kier alpha value is -2.60. The quantitative estimate of drug-likeness (QED) is 0.382. The summed E-state index contributed by atoms with van der Waals surface area (Å²) in [4.78, 5) is 37.7. The average Bonchev–Trinajstić information content (AvgIpc) is 3.31. The van der Waals surface area contributed by atoms with Crippen LogP contribution >= 0.6 is 7.75 Å². The third-order valence-electron chi connectivity index (χ3n) is 6.12. The molecule has 13 heteroatoms. The van der Waals surface area contributed by atoms with E-state index in [4.69, 9.17) is 18.5 Å². The van der Waals surface area contributed by atoms with Gasteiger partial charge in [-0.1, -0.05) is 30.3 Å². The lowest BCUT2D eigenvalue weighted by atomic mass is 9.99. The number of fused-ring (bicyclic) bond motifs is 1. The molecular weight excluding hydrogens is 457 g/mol. The number of hydrogen-bond donors (Lipinski definition) is 3. The van der Waals surface area contributed by atoms with Crippen LogP contribution in [0.5, 0.6) is 0 Å². The van der Waals surface area contributed by atoms with Crippen molar-refractivity contribution in [2.24, 2.45) is 5.41 Å². The Morgan fingerprint density at radius 3 is 2.82 bits per heavy atom. The molecule has 3 heterocycles. The van der Waals surface area contributed by atoms with Gasteiger partial charge in [0.15, 0.2) is 6.23 Å². The second-order valence-electron chi connectivity index (χ2n) is 8.26. The van der Waals surface area contributed by atoms with Crippen molar-refractivity contribution >= 4 is 13.7 Å². The fraction of sp³-hybridized carbons (Fsp3) is 0.450. The number of H-pyrrole nitrogens is 1. The first-order valence-electron chi connectivity index (χ1n) is 10.3. The maximum absolute atomic E-state index is 13.0. The average molecular weight is 479 g/mol. The first kappa shape index (κ1) is 22.2. The van der Waals surface area contributed by atoms with Gasteiger partial charge in [-0.15, -0.1) is 0 Å². The molecule has 176 valence electrons. The zero-order valence-corrected chi connectivity index (χ0v) is 18.3. The molecule has 33 heavy (non-hydrogen) atoms. The van der Waals surface area contributed by atoms with Gasteiger partial charge in [-0.05, 0) is 12.5 Å². The number of carbonyl (C=O) groups is 1. The highest BCUT2D eigenvalue weighted by atomic mass is 31.2. The molecular formula is C20H22N3O9P. The summed E-state index contributed by atoms with van der Waals surface area (Å²) in [6.07, 6.45) is -2.46. The lowest BCUT2D eigenvalue weighted by Gasteiger charge is -2.33. The molecule has 1 aliphatic carbocycles. The van der Waals surface area contributed by atoms with Crippen LogP contribution in [-0.2, 0) is 34.5 Å². The van der Waals surface area contributed by atoms with E-state index >= 15 is 0 Å². The fourth-order valence-electron chi connectivity index (χ4n) is 4.25. The van der Waals surface area contributed by atoms with Crippen LogP contribution in [0.25, 0.3) is 0 Å². The number of aliphatic hydroxyl groups excluding tert-OH is 1. The number of hydrogen-bond acceptors (Lipinski definition) is 9. The summed E-state index contributed by atoms with van der Waals surface area (Å²) < 4.78 is 36.1. The summed E-state index contributed by atoms with van der Waals surface area (Å²) >= 11 is 0. The number of benzene rings is 1. The molecule has 3 unspecified atom stereocenters. The van der Waals surface area contributed by atoms with E-state index in [0.29, 0.717) is 0 Å². The molecule has 5 rings (SSSR count). The molecule has 0 bridgehead atoms. The second kappa shape index (κ2) is 8.01. The zero-order valence-electron chi connectivity index (χ0n) is 17.5. The predicted molar refractivity (Wildman–Crippen MR) is 111 cm³/mol. The standard InChI is InChI=1S/C20H22N3O9P/c1-11(18(26)29-9-12-5-3-2-4-6-12)22-33(28)30-10-20-14(25)17(31-15(20)16(20)32-33)23-8-7-13(24)21-19(23)27/h2-8,11,14-17,25H,9-10H2,1H3,(H,22,28)(H,21,24,27)/t11?,14-,15+,16?,17+,20+,33?/m0/s1. The molecule has 3 N–H and O–H groups in total. The van der Waals surface area contributed by atoms with Crippen molar-refractivity contribution in [3.8, 4) is 0 Å². The molecule has 0 radical (unpaired) electrons. The minimum absolute atomic E-state index is 0.0665. The summed E-state index contributed by atoms with van der Waals surface area (Å²) in [5.41, 5.74) is -1.50. The Balaban J connectivity index is 1.20. The van der Waals surface area contributed by atoms with Crippen LogP contribution in [0.1, 0.15) is 18.7 Å². The van der Waals surface area contributed by atoms with Gasteiger partial charge in [0.1, 0.15) is 31.0 Å². The monoisotopic (exact) mass is 479 g/mol. The maximum Gasteiger partial charge on any atom is 0.406 e. The van der Waals surface area contributed by atoms with Gasteiger partial charge in [-0.2, -0.15) is 0 Å². The number of ether oxygens (including phenoxy) is 2. The van der Waals surface area contributed by atoms with Gasteiger partial charge in [0, 0.05) is 12.3 Å². The van der Waals surface area contributed by atoms with Crippen molar-refractivity contribution in [1.29, 1.82) is 0 Å². The number of nitrogens with one attached hydrogen (secondary N) is 2. The fourth-order valence-corrected chi connectivity index (χ4v) is 6.02. The van der Waals surface area contributed by atoms with E-state index in [1.807, 2.05) is 30.3 Å². The Morgan fingerprint density at radius 2 is 2.09 bits per heavy atom. The third-order valence-corrected chi connectivity index (χ3v) is 7.80. The molecule has 7 atom stereocenters. The molecule has 1 saturated carbocycles. The minimum atomic E-state index is -3.89. The number of aromatic amines is 1. The molecule has 0 amide bonds. The number of carbonyl (C=O) groups excluding carboxylic acids is 1. The summed E-state index contributed by atoms with van der Waals surface area (Å²) in [5.74, 6) is -0.633. The van der Waals surface area contributed by atoms with Crippen LogP contribution in [0.15, 0.2) is 52.2 Å². The number of aliphatic hydroxyl groups is 1. The van der Waals surface area contributed by atoms with Gasteiger partial charge in [0.2, 0.25) is 0 Å². The van der Waals surface area contributed by atoms with Crippen molar-refractivity contribution in [2.45, 2.75) is 44.1 Å². The molecule has 2 saturated heterocycles. The minimum Gasteiger partial charge on any atom is -0.460 e. The molecule has 2 aromatic rings. The summed E-state index contributed by atoms with van der Waals surface area (Å²) in [6, 6.07) is 9.28. The van der Waals surface area contributed by atoms with Crippen molar-refractivity contribution in [3.63, 3.8) is 0 Å². The van der Waals surface area contributed by atoms with Crippen LogP contribution in [0.3, 0.4) is 0 Å². The smallest absolute Gasteiger partial charge is 0.406 e. The number of nitrogens with zero attached hydrogens (tertiary/aromatic N) is 1. The van der Waals surface area contributed by atoms with Crippen molar-refractivity contribution in [3.05, 3.63) is 69.0 Å². The largest absolute Gasteiger partial charge is 0.460 e. The van der Waals surface area contributed by atoms with Gasteiger partial charge < -0.3 is 14.6 Å². The first-order valence-corrected chi connectivity index (χ1v) is 11.8. The number of aromatic nitrogens is 2. The molecule has 3 fully saturated rings. The van der Waals surface area contributed by atoms with Crippen LogP contribution < -0.4 is 16.3 Å². The molecule has 3 aliphatic rings. The topological polar surface area (TPSA) is 158 Å². The highest BCUT2D eigenvalue weighted by Crippen LogP contribution is 2.70. The molecule has 12 nitrogen and oxygen atoms in total. The summed E-state index contributed by atoms with van der Waals surface area (Å²) in [5, 5.41) is 13.4. The maximum atomic E-state index is 13.0. The Kier molecular flexibility index (Phi) is 5.39. The lowest BCUT2D eigenvalue weighted by Crippen LogP contribution is -2.43. The van der Waals surface area contributed by atoms with E-state index in [1.165, 1.54) is 13.1 Å². The second-order valence-corrected chi connectivity index (χ2v) is 9.99. The van der Waals surface area contributed by atoms with Crippen LogP contribution in [0.4, 0.5) is 0 Å². The molecule has 1 spiro atoms. The Bertz CT molecular complexity index is 1230. The van der Waals surface area contributed by atoms with E-state index in [9.17, 15) is 24.1 Å². The molecule has 1 aromatic heterocycles. The van der Waals surface area contributed by atoms with Crippen molar-refractivity contribution in [2.75, 3.05) is 6.61 Å². The van der Waals surface area contributed by atoms with Crippen molar-refractivity contribution < 1.29 is 33.0 Å². The highest BCUT2D eigenvalue weighted by Gasteiger charge is 2.81. The van der Waals surface area contributed by atoms with E-state index in [-0.39, 0.29) is 13.2 Å². The normalized spacial score (nSPS) is 35.3. The van der Waals surface area contributed by atoms with Crippen LogP contribution in [0.2, 0.25) is 0 Å². The van der Waals surface area contributed by atoms with Crippen LogP contribution in [0, 0.1) is 5.41 Å². The predicted octanol–water partition coefficient (Wildman–Crippen LogP) is 0.0399. The summed E-state index contributed by atoms with van der Waals surface area (Å²) in [7, 11) is -3.89. The highest BCUT2D eigenvalue weighted by molar-refractivity contribution is 7.51. The molecule has 1 aromatic carbocycles. The zero-order chi connectivity index (χ0) is 23.4. The first-order chi connectivity index (χ1) is 15.7. The van der Waals surface area contributed by atoms with E-state index in [1.54, 1.807) is 0 Å². The number of rotatable bonds is 6. The van der Waals surface area contributed by atoms with Gasteiger partial charge >= 0.3 is 19.4 Å². The van der Waals surface area contributed by atoms with E-state index in [2.05, 4.69) is 10.1 Å². The van der Waals surface area contributed by atoms with Gasteiger partial charge in [-0.3, -0.25) is 28.2 Å². The van der Waals surface area contributed by atoms with Gasteiger partial charge in [0.05, 0.1) is 12.0 Å². The summed E-state index contributed by atoms with van der Waals surface area (Å²) in [6.45, 7) is 1.37. The Labute approximate surface area is 187 Å². The van der Waals surface area contributed by atoms with Crippen LogP contribution in [-0.4, -0.2) is 51.6 Å². The van der Waals surface area contributed by atoms with E-state index in [0.717, 1.165) is 16.2 Å². The Morgan fingerprint density at radius 1 is 1.33 bits per heavy atom. The van der Waals surface area contributed by atoms with E-state index < -0.39 is 61.0 Å². The van der Waals surface area contributed by atoms with Gasteiger partial charge in [0.25, 0.3) is 5.56 Å². The van der Waals surface area contributed by atoms with Gasteiger partial charge in [-0.25, -0.2) is 14.4 Å². The van der Waals surface area contributed by atoms with Crippen molar-refractivity contribution in [1.82, 2.24) is 14.6 Å². The number of esters is 1.